The number of nitrogens with one attached hydrogen (secondary N) is 3. The Balaban J connectivity index is 1.64. The second-order valence-electron chi connectivity index (χ2n) is 5.39. The zero-order valence-electron chi connectivity index (χ0n) is 13.8. The largest absolute Gasteiger partial charge is 0.497 e. The maximum absolute atomic E-state index is 11.7. The summed E-state index contributed by atoms with van der Waals surface area (Å²) >= 11 is 5.07. The van der Waals surface area contributed by atoms with E-state index in [4.69, 9.17) is 17.0 Å². The van der Waals surface area contributed by atoms with Crippen molar-refractivity contribution in [1.82, 2.24) is 21.1 Å². The molecule has 0 aliphatic carbocycles. The summed E-state index contributed by atoms with van der Waals surface area (Å²) in [5.41, 5.74) is 6.01. The van der Waals surface area contributed by atoms with Gasteiger partial charge in [-0.05, 0) is 29.9 Å². The van der Waals surface area contributed by atoms with Crippen molar-refractivity contribution >= 4 is 35.1 Å². The second-order valence-corrected chi connectivity index (χ2v) is 5.80. The third-order valence-corrected chi connectivity index (χ3v) is 3.89. The van der Waals surface area contributed by atoms with Crippen LogP contribution in [0.1, 0.15) is 24.8 Å². The van der Waals surface area contributed by atoms with Gasteiger partial charge in [-0.1, -0.05) is 12.1 Å². The lowest BCUT2D eigenvalue weighted by molar-refractivity contribution is -0.138. The van der Waals surface area contributed by atoms with Crippen LogP contribution in [0.5, 0.6) is 5.75 Å². The molecule has 0 aromatic heterocycles. The number of benzene rings is 1. The molecule has 0 atom stereocenters. The first kappa shape index (κ1) is 18.7. The van der Waals surface area contributed by atoms with Gasteiger partial charge in [0.15, 0.2) is 5.11 Å². The maximum atomic E-state index is 11.7. The summed E-state index contributed by atoms with van der Waals surface area (Å²) in [6.07, 6.45) is 0.460. The van der Waals surface area contributed by atoms with E-state index in [9.17, 15) is 14.4 Å². The Kier molecular flexibility index (Phi) is 6.70. The van der Waals surface area contributed by atoms with Crippen LogP contribution in [0.4, 0.5) is 0 Å². The Bertz CT molecular complexity index is 647. The Labute approximate surface area is 150 Å². The highest BCUT2D eigenvalue weighted by Gasteiger charge is 2.28. The molecule has 1 heterocycles. The highest BCUT2D eigenvalue weighted by molar-refractivity contribution is 7.80. The lowest BCUT2D eigenvalue weighted by Crippen LogP contribution is -2.47. The quantitative estimate of drug-likeness (QED) is 0.377. The van der Waals surface area contributed by atoms with E-state index in [0.29, 0.717) is 6.54 Å². The summed E-state index contributed by atoms with van der Waals surface area (Å²) < 4.78 is 5.08. The first-order valence-electron chi connectivity index (χ1n) is 7.78. The smallest absolute Gasteiger partial charge is 0.240 e. The van der Waals surface area contributed by atoms with E-state index in [1.54, 1.807) is 7.11 Å². The van der Waals surface area contributed by atoms with Gasteiger partial charge in [-0.3, -0.25) is 30.1 Å². The molecule has 1 aromatic carbocycles. The summed E-state index contributed by atoms with van der Waals surface area (Å²) in [4.78, 5) is 35.7. The molecule has 3 N–H and O–H groups in total. The zero-order chi connectivity index (χ0) is 18.2. The molecule has 3 amide bonds. The number of nitrogens with zero attached hydrogens (tertiary/aromatic N) is 1. The molecule has 1 aromatic rings. The van der Waals surface area contributed by atoms with Crippen molar-refractivity contribution in [3.05, 3.63) is 29.8 Å². The molecule has 1 saturated heterocycles. The molecule has 1 fully saturated rings. The van der Waals surface area contributed by atoms with Gasteiger partial charge in [0, 0.05) is 32.4 Å². The third-order valence-electron chi connectivity index (χ3n) is 3.64. The van der Waals surface area contributed by atoms with Crippen LogP contribution >= 0.6 is 12.2 Å². The van der Waals surface area contributed by atoms with Gasteiger partial charge in [0.05, 0.1) is 7.11 Å². The minimum absolute atomic E-state index is 0.0194. The molecule has 2 rings (SSSR count). The van der Waals surface area contributed by atoms with Gasteiger partial charge in [-0.15, -0.1) is 0 Å². The Morgan fingerprint density at radius 3 is 2.40 bits per heavy atom. The van der Waals surface area contributed by atoms with Crippen molar-refractivity contribution in [3.8, 4) is 5.75 Å². The van der Waals surface area contributed by atoms with Crippen LogP contribution in [-0.2, 0) is 20.9 Å². The Hall–Kier alpha value is -2.68. The number of hydrazine groups is 1. The number of amides is 3. The fourth-order valence-electron chi connectivity index (χ4n) is 2.24. The van der Waals surface area contributed by atoms with E-state index < -0.39 is 0 Å². The average molecular weight is 364 g/mol. The van der Waals surface area contributed by atoms with Crippen molar-refractivity contribution in [2.24, 2.45) is 0 Å². The lowest BCUT2D eigenvalue weighted by atomic mass is 10.2. The van der Waals surface area contributed by atoms with Crippen LogP contribution in [0.3, 0.4) is 0 Å². The van der Waals surface area contributed by atoms with Gasteiger partial charge in [-0.25, -0.2) is 0 Å². The number of hydrogen-bond donors (Lipinski definition) is 3. The number of hydrogen-bond acceptors (Lipinski definition) is 5. The molecule has 134 valence electrons. The number of methoxy groups -OCH3 is 1. The van der Waals surface area contributed by atoms with Crippen LogP contribution in [0, 0.1) is 0 Å². The van der Waals surface area contributed by atoms with Crippen molar-refractivity contribution in [3.63, 3.8) is 0 Å². The molecule has 0 spiro atoms. The highest BCUT2D eigenvalue weighted by atomic mass is 32.1. The van der Waals surface area contributed by atoms with Gasteiger partial charge in [0.1, 0.15) is 5.75 Å². The first-order chi connectivity index (χ1) is 12.0. The standard InChI is InChI=1S/C16H20N4O4S/c1-24-12-4-2-11(3-5-12)10-17-16(25)19-18-13(21)8-9-20-14(22)6-7-15(20)23/h2-5H,6-10H2,1H3,(H,18,21)(H2,17,19,25). The maximum Gasteiger partial charge on any atom is 0.240 e. The van der Waals surface area contributed by atoms with Crippen LogP contribution < -0.4 is 20.9 Å². The monoisotopic (exact) mass is 364 g/mol. The van der Waals surface area contributed by atoms with Gasteiger partial charge < -0.3 is 10.1 Å². The number of carbonyl (C=O) groups excluding carboxylic acids is 3. The number of imide groups is 1. The SMILES string of the molecule is COc1ccc(CNC(=S)NNC(=O)CCN2C(=O)CCC2=O)cc1. The molecular weight excluding hydrogens is 344 g/mol. The molecule has 1 aliphatic rings. The van der Waals surface area contributed by atoms with Crippen LogP contribution in [0.25, 0.3) is 0 Å². The number of thiocarbonyl (C=S) groups is 1. The van der Waals surface area contributed by atoms with Crippen LogP contribution in [-0.4, -0.2) is 41.4 Å². The fourth-order valence-corrected chi connectivity index (χ4v) is 2.37. The van der Waals surface area contributed by atoms with Gasteiger partial charge in [0.2, 0.25) is 17.7 Å². The molecule has 0 unspecified atom stereocenters. The molecule has 0 radical (unpaired) electrons. The molecule has 1 aliphatic heterocycles. The lowest BCUT2D eigenvalue weighted by Gasteiger charge is -2.14. The van der Waals surface area contributed by atoms with E-state index in [1.165, 1.54) is 0 Å². The van der Waals surface area contributed by atoms with Gasteiger partial charge >= 0.3 is 0 Å². The summed E-state index contributed by atoms with van der Waals surface area (Å²) in [7, 11) is 1.60. The third kappa shape index (κ3) is 5.71. The van der Waals surface area contributed by atoms with Crippen molar-refractivity contribution < 1.29 is 19.1 Å². The summed E-state index contributed by atoms with van der Waals surface area (Å²) in [5.74, 6) is -0.0577. The average Bonchev–Trinajstić information content (AvgIpc) is 2.94. The number of rotatable bonds is 6. The molecule has 0 bridgehead atoms. The van der Waals surface area contributed by atoms with Gasteiger partial charge in [0.25, 0.3) is 0 Å². The molecule has 25 heavy (non-hydrogen) atoms. The molecule has 0 saturated carbocycles. The summed E-state index contributed by atoms with van der Waals surface area (Å²) in [6, 6.07) is 7.49. The zero-order valence-corrected chi connectivity index (χ0v) is 14.6. The Morgan fingerprint density at radius 2 is 1.80 bits per heavy atom. The normalized spacial score (nSPS) is 13.6. The Morgan fingerprint density at radius 1 is 1.16 bits per heavy atom. The summed E-state index contributed by atoms with van der Waals surface area (Å²) in [5, 5.41) is 3.21. The number of likely N-dealkylation sites (tertiary alicyclic amines) is 1. The fraction of sp³-hybridized carbons (Fsp3) is 0.375. The first-order valence-corrected chi connectivity index (χ1v) is 8.19. The van der Waals surface area contributed by atoms with Gasteiger partial charge in [-0.2, -0.15) is 0 Å². The van der Waals surface area contributed by atoms with Crippen molar-refractivity contribution in [2.45, 2.75) is 25.8 Å². The van der Waals surface area contributed by atoms with E-state index in [0.717, 1.165) is 16.2 Å². The molecular formula is C16H20N4O4S. The minimum Gasteiger partial charge on any atom is -0.497 e. The minimum atomic E-state index is -0.360. The van der Waals surface area contributed by atoms with Crippen LogP contribution in [0.15, 0.2) is 24.3 Å². The predicted molar refractivity (Wildman–Crippen MR) is 94.3 cm³/mol. The molecule has 8 nitrogen and oxygen atoms in total. The predicted octanol–water partition coefficient (Wildman–Crippen LogP) is 0.230. The van der Waals surface area contributed by atoms with E-state index in [2.05, 4.69) is 16.2 Å². The number of ether oxygens (including phenoxy) is 1. The topological polar surface area (TPSA) is 99.8 Å². The summed E-state index contributed by atoms with van der Waals surface area (Å²) in [6.45, 7) is 0.569. The van der Waals surface area contributed by atoms with E-state index in [1.807, 2.05) is 24.3 Å². The highest BCUT2D eigenvalue weighted by Crippen LogP contribution is 2.12. The number of carbonyl (C=O) groups is 3. The van der Waals surface area contributed by atoms with E-state index in [-0.39, 0.29) is 48.6 Å². The van der Waals surface area contributed by atoms with Crippen molar-refractivity contribution in [1.29, 1.82) is 0 Å². The van der Waals surface area contributed by atoms with Crippen LogP contribution in [0.2, 0.25) is 0 Å². The van der Waals surface area contributed by atoms with Crippen molar-refractivity contribution in [2.75, 3.05) is 13.7 Å². The molecule has 9 heteroatoms. The van der Waals surface area contributed by atoms with E-state index >= 15 is 0 Å². The second kappa shape index (κ2) is 8.97.